The summed E-state index contributed by atoms with van der Waals surface area (Å²) >= 11 is 1.68. The van der Waals surface area contributed by atoms with Crippen molar-refractivity contribution in [3.8, 4) is 0 Å². The van der Waals surface area contributed by atoms with Crippen LogP contribution in [0.2, 0.25) is 0 Å². The number of carbonyl (C=O) groups is 1. The summed E-state index contributed by atoms with van der Waals surface area (Å²) in [6.07, 6.45) is 1.18. The number of nitrogens with zero attached hydrogens (tertiary/aromatic N) is 1. The van der Waals surface area contributed by atoms with Gasteiger partial charge in [-0.25, -0.2) is 5.43 Å². The van der Waals surface area contributed by atoms with E-state index in [-0.39, 0.29) is 5.91 Å². The van der Waals surface area contributed by atoms with Crippen LogP contribution in [-0.2, 0) is 11.2 Å². The van der Waals surface area contributed by atoms with E-state index in [2.05, 4.69) is 23.5 Å². The summed E-state index contributed by atoms with van der Waals surface area (Å²) < 4.78 is 0. The van der Waals surface area contributed by atoms with Crippen molar-refractivity contribution in [2.24, 2.45) is 5.10 Å². The first-order valence-corrected chi connectivity index (χ1v) is 7.40. The number of amides is 1. The fourth-order valence-electron chi connectivity index (χ4n) is 1.79. The van der Waals surface area contributed by atoms with Crippen LogP contribution in [0, 0.1) is 6.92 Å². The third kappa shape index (κ3) is 4.31. The smallest absolute Gasteiger partial charge is 0.240 e. The number of carbonyl (C=O) groups excluding carboxylic acids is 1. The lowest BCUT2D eigenvalue weighted by molar-refractivity contribution is -0.121. The molecule has 20 heavy (non-hydrogen) atoms. The van der Waals surface area contributed by atoms with Gasteiger partial charge in [-0.15, -0.1) is 11.3 Å². The molecule has 4 heteroatoms. The molecule has 0 radical (unpaired) electrons. The van der Waals surface area contributed by atoms with Crippen LogP contribution in [-0.4, -0.2) is 11.6 Å². The lowest BCUT2D eigenvalue weighted by Crippen LogP contribution is -2.19. The van der Waals surface area contributed by atoms with E-state index in [1.807, 2.05) is 43.3 Å². The van der Waals surface area contributed by atoms with Crippen molar-refractivity contribution >= 4 is 23.0 Å². The first-order valence-electron chi connectivity index (χ1n) is 6.59. The lowest BCUT2D eigenvalue weighted by atomic mass is 10.1. The second-order valence-electron chi connectivity index (χ2n) is 4.63. The van der Waals surface area contributed by atoms with Gasteiger partial charge in [-0.2, -0.15) is 5.10 Å². The first kappa shape index (κ1) is 14.5. The Morgan fingerprint density at radius 3 is 2.60 bits per heavy atom. The number of aryl methyl sites for hydroxylation is 2. The monoisotopic (exact) mass is 286 g/mol. The number of hydrogen-bond donors (Lipinski definition) is 1. The number of thiophene rings is 1. The van der Waals surface area contributed by atoms with Crippen LogP contribution in [0.25, 0.3) is 0 Å². The molecule has 0 fully saturated rings. The van der Waals surface area contributed by atoms with Crippen LogP contribution in [0.5, 0.6) is 0 Å². The Balaban J connectivity index is 1.83. The number of hydrazone groups is 1. The first-order chi connectivity index (χ1) is 9.65. The third-order valence-electron chi connectivity index (χ3n) is 2.93. The van der Waals surface area contributed by atoms with Crippen LogP contribution in [0.1, 0.15) is 28.7 Å². The molecule has 3 nitrogen and oxygen atoms in total. The van der Waals surface area contributed by atoms with Gasteiger partial charge in [0.1, 0.15) is 0 Å². The summed E-state index contributed by atoms with van der Waals surface area (Å²) in [5, 5.41) is 4.15. The molecule has 1 heterocycles. The van der Waals surface area contributed by atoms with E-state index in [1.54, 1.807) is 11.3 Å². The molecule has 2 rings (SSSR count). The number of benzene rings is 1. The summed E-state index contributed by atoms with van der Waals surface area (Å²) in [5.74, 6) is -0.0542. The van der Waals surface area contributed by atoms with Gasteiger partial charge < -0.3 is 0 Å². The summed E-state index contributed by atoms with van der Waals surface area (Å²) in [6.45, 7) is 3.96. The van der Waals surface area contributed by atoms with Gasteiger partial charge in [0.15, 0.2) is 0 Å². The molecule has 0 spiro atoms. The van der Waals surface area contributed by atoms with Crippen molar-refractivity contribution in [2.75, 3.05) is 0 Å². The van der Waals surface area contributed by atoms with Crippen molar-refractivity contribution < 1.29 is 4.79 Å². The normalized spacial score (nSPS) is 11.4. The fraction of sp³-hybridized carbons (Fsp3) is 0.250. The average Bonchev–Trinajstić information content (AvgIpc) is 2.90. The fourth-order valence-corrected chi connectivity index (χ4v) is 2.60. The van der Waals surface area contributed by atoms with Gasteiger partial charge >= 0.3 is 0 Å². The molecule has 0 saturated carbocycles. The minimum atomic E-state index is -0.0542. The Morgan fingerprint density at radius 1 is 1.20 bits per heavy atom. The molecule has 1 N–H and O–H groups in total. The third-order valence-corrected chi connectivity index (χ3v) is 4.04. The predicted octanol–water partition coefficient (Wildman–Crippen LogP) is 3.53. The van der Waals surface area contributed by atoms with Crippen molar-refractivity contribution in [1.29, 1.82) is 0 Å². The number of nitrogens with one attached hydrogen (secondary N) is 1. The van der Waals surface area contributed by atoms with Gasteiger partial charge in [-0.3, -0.25) is 4.79 Å². The van der Waals surface area contributed by atoms with Gasteiger partial charge in [0, 0.05) is 11.3 Å². The summed E-state index contributed by atoms with van der Waals surface area (Å²) in [7, 11) is 0. The zero-order valence-corrected chi connectivity index (χ0v) is 12.5. The molecule has 0 bridgehead atoms. The maximum Gasteiger partial charge on any atom is 0.240 e. The Kier molecular flexibility index (Phi) is 5.07. The van der Waals surface area contributed by atoms with Gasteiger partial charge in [0.25, 0.3) is 0 Å². The average molecular weight is 286 g/mol. The molecule has 0 saturated heterocycles. The van der Waals surface area contributed by atoms with Crippen LogP contribution in [0.4, 0.5) is 0 Å². The van der Waals surface area contributed by atoms with Crippen molar-refractivity contribution in [3.05, 3.63) is 57.8 Å². The van der Waals surface area contributed by atoms with Crippen LogP contribution >= 0.6 is 11.3 Å². The molecule has 0 atom stereocenters. The van der Waals surface area contributed by atoms with Gasteiger partial charge in [-0.05, 0) is 38.0 Å². The van der Waals surface area contributed by atoms with E-state index >= 15 is 0 Å². The zero-order chi connectivity index (χ0) is 14.4. The van der Waals surface area contributed by atoms with Crippen molar-refractivity contribution in [1.82, 2.24) is 5.43 Å². The van der Waals surface area contributed by atoms with Crippen LogP contribution in [0.3, 0.4) is 0 Å². The van der Waals surface area contributed by atoms with E-state index < -0.39 is 0 Å². The van der Waals surface area contributed by atoms with E-state index in [4.69, 9.17) is 0 Å². The largest absolute Gasteiger partial charge is 0.273 e. The molecule has 0 aliphatic rings. The molecule has 1 amide bonds. The molecule has 0 unspecified atom stereocenters. The van der Waals surface area contributed by atoms with Gasteiger partial charge in [0.05, 0.1) is 10.6 Å². The maximum absolute atomic E-state index is 11.7. The van der Waals surface area contributed by atoms with Crippen molar-refractivity contribution in [2.45, 2.75) is 26.7 Å². The SMILES string of the molecule is C/C(=N/NC(=O)CCc1ccccc1)c1ccc(C)s1. The van der Waals surface area contributed by atoms with E-state index in [0.717, 1.165) is 22.6 Å². The minimum absolute atomic E-state index is 0.0542. The topological polar surface area (TPSA) is 41.5 Å². The second kappa shape index (κ2) is 7.01. The Morgan fingerprint density at radius 2 is 1.95 bits per heavy atom. The highest BCUT2D eigenvalue weighted by Crippen LogP contribution is 2.15. The molecular weight excluding hydrogens is 268 g/mol. The van der Waals surface area contributed by atoms with Gasteiger partial charge in [0.2, 0.25) is 5.91 Å². The number of hydrogen-bond acceptors (Lipinski definition) is 3. The summed E-state index contributed by atoms with van der Waals surface area (Å²) in [6, 6.07) is 14.1. The molecule has 1 aromatic carbocycles. The van der Waals surface area contributed by atoms with Crippen LogP contribution < -0.4 is 5.43 Å². The maximum atomic E-state index is 11.7. The molecule has 0 aliphatic carbocycles. The van der Waals surface area contributed by atoms with E-state index in [9.17, 15) is 4.79 Å². The minimum Gasteiger partial charge on any atom is -0.273 e. The Labute approximate surface area is 123 Å². The van der Waals surface area contributed by atoms with Crippen molar-refractivity contribution in [3.63, 3.8) is 0 Å². The molecule has 1 aromatic heterocycles. The highest BCUT2D eigenvalue weighted by atomic mass is 32.1. The Bertz CT molecular complexity index is 602. The lowest BCUT2D eigenvalue weighted by Gasteiger charge is -2.02. The molecule has 104 valence electrons. The van der Waals surface area contributed by atoms with Crippen LogP contribution in [0.15, 0.2) is 47.6 Å². The molecule has 0 aliphatic heterocycles. The Hall–Kier alpha value is -1.94. The number of rotatable bonds is 5. The quantitative estimate of drug-likeness (QED) is 0.663. The summed E-state index contributed by atoms with van der Waals surface area (Å²) in [4.78, 5) is 14.1. The highest BCUT2D eigenvalue weighted by molar-refractivity contribution is 7.14. The predicted molar refractivity (Wildman–Crippen MR) is 84.2 cm³/mol. The standard InChI is InChI=1S/C16H18N2OS/c1-12-8-10-15(20-12)13(2)17-18-16(19)11-9-14-6-4-3-5-7-14/h3-8,10H,9,11H2,1-2H3,(H,18,19)/b17-13-. The van der Waals surface area contributed by atoms with E-state index in [1.165, 1.54) is 4.88 Å². The second-order valence-corrected chi connectivity index (χ2v) is 5.92. The zero-order valence-electron chi connectivity index (χ0n) is 11.7. The highest BCUT2D eigenvalue weighted by Gasteiger charge is 2.03. The molecular formula is C16H18N2OS. The summed E-state index contributed by atoms with van der Waals surface area (Å²) in [5.41, 5.74) is 4.62. The van der Waals surface area contributed by atoms with Gasteiger partial charge in [-0.1, -0.05) is 30.3 Å². The molecule has 2 aromatic rings. The van der Waals surface area contributed by atoms with E-state index in [0.29, 0.717) is 6.42 Å².